The number of carbonyl (C=O) groups excluding carboxylic acids is 1. The summed E-state index contributed by atoms with van der Waals surface area (Å²) in [6.07, 6.45) is 2.03. The Morgan fingerprint density at radius 2 is 2.05 bits per heavy atom. The topological polar surface area (TPSA) is 44.9 Å². The molecular weight excluding hydrogens is 236 g/mol. The number of H-pyrrole nitrogens is 1. The van der Waals surface area contributed by atoms with Gasteiger partial charge in [0.2, 0.25) is 0 Å². The lowest BCUT2D eigenvalue weighted by molar-refractivity contribution is -0.120. The summed E-state index contributed by atoms with van der Waals surface area (Å²) in [6.45, 7) is 8.72. The van der Waals surface area contributed by atoms with Crippen molar-refractivity contribution in [2.45, 2.75) is 39.2 Å². The SMILES string of the molecule is CCNC(C(C)=O)C(C)(C)c1c[nH]c2ccccc12. The summed E-state index contributed by atoms with van der Waals surface area (Å²) in [4.78, 5) is 15.2. The fourth-order valence-electron chi connectivity index (χ4n) is 2.87. The number of fused-ring (bicyclic) bond motifs is 1. The van der Waals surface area contributed by atoms with Gasteiger partial charge in [0.25, 0.3) is 0 Å². The smallest absolute Gasteiger partial charge is 0.147 e. The molecule has 0 spiro atoms. The van der Waals surface area contributed by atoms with Crippen LogP contribution in [-0.2, 0) is 10.2 Å². The largest absolute Gasteiger partial charge is 0.361 e. The average molecular weight is 258 g/mol. The number of Topliss-reactive ketones (excluding diaryl/α,β-unsaturated/α-hetero) is 1. The molecule has 1 aromatic carbocycles. The second kappa shape index (κ2) is 5.17. The zero-order valence-electron chi connectivity index (χ0n) is 12.1. The summed E-state index contributed by atoms with van der Waals surface area (Å²) in [5.41, 5.74) is 2.05. The maximum atomic E-state index is 11.9. The Morgan fingerprint density at radius 3 is 2.68 bits per heavy atom. The second-order valence-corrected chi connectivity index (χ2v) is 5.57. The van der Waals surface area contributed by atoms with Gasteiger partial charge in [-0.05, 0) is 25.1 Å². The van der Waals surface area contributed by atoms with Crippen molar-refractivity contribution in [1.82, 2.24) is 10.3 Å². The molecule has 0 aliphatic heterocycles. The van der Waals surface area contributed by atoms with Crippen molar-refractivity contribution >= 4 is 16.7 Å². The molecule has 1 aromatic heterocycles. The van der Waals surface area contributed by atoms with E-state index in [4.69, 9.17) is 0 Å². The number of carbonyl (C=O) groups is 1. The third kappa shape index (κ3) is 2.43. The molecule has 3 nitrogen and oxygen atoms in total. The lowest BCUT2D eigenvalue weighted by Crippen LogP contribution is -2.49. The van der Waals surface area contributed by atoms with Crippen LogP contribution in [0.25, 0.3) is 10.9 Å². The molecule has 1 atom stereocenters. The van der Waals surface area contributed by atoms with Crippen LogP contribution in [0.15, 0.2) is 30.5 Å². The van der Waals surface area contributed by atoms with E-state index in [1.807, 2.05) is 25.3 Å². The summed E-state index contributed by atoms with van der Waals surface area (Å²) < 4.78 is 0. The molecule has 1 unspecified atom stereocenters. The van der Waals surface area contributed by atoms with Gasteiger partial charge in [-0.3, -0.25) is 4.79 Å². The minimum absolute atomic E-state index is 0.170. The third-order valence-corrected chi connectivity index (χ3v) is 3.82. The molecule has 0 amide bonds. The zero-order valence-corrected chi connectivity index (χ0v) is 12.1. The molecular formula is C16H22N2O. The zero-order chi connectivity index (χ0) is 14.0. The van der Waals surface area contributed by atoms with Crippen molar-refractivity contribution < 1.29 is 4.79 Å². The summed E-state index contributed by atoms with van der Waals surface area (Å²) in [6, 6.07) is 8.04. The molecule has 3 heteroatoms. The average Bonchev–Trinajstić information content (AvgIpc) is 2.79. The quantitative estimate of drug-likeness (QED) is 0.866. The van der Waals surface area contributed by atoms with Gasteiger partial charge in [-0.25, -0.2) is 0 Å². The Bertz CT molecular complexity index is 583. The first-order chi connectivity index (χ1) is 8.98. The first kappa shape index (κ1) is 13.8. The Morgan fingerprint density at radius 1 is 1.37 bits per heavy atom. The number of likely N-dealkylation sites (N-methyl/N-ethyl adjacent to an activating group) is 1. The monoisotopic (exact) mass is 258 g/mol. The van der Waals surface area contributed by atoms with Crippen molar-refractivity contribution in [3.63, 3.8) is 0 Å². The van der Waals surface area contributed by atoms with E-state index in [-0.39, 0.29) is 17.2 Å². The number of aromatic nitrogens is 1. The van der Waals surface area contributed by atoms with Crippen molar-refractivity contribution in [2.75, 3.05) is 6.54 Å². The van der Waals surface area contributed by atoms with E-state index in [1.54, 1.807) is 6.92 Å². The van der Waals surface area contributed by atoms with Crippen LogP contribution in [0.5, 0.6) is 0 Å². The molecule has 0 fully saturated rings. The van der Waals surface area contributed by atoms with Gasteiger partial charge in [0, 0.05) is 22.5 Å². The van der Waals surface area contributed by atoms with Crippen LogP contribution >= 0.6 is 0 Å². The first-order valence-electron chi connectivity index (χ1n) is 6.79. The van der Waals surface area contributed by atoms with E-state index in [2.05, 4.69) is 36.3 Å². The highest BCUT2D eigenvalue weighted by atomic mass is 16.1. The molecule has 0 aliphatic carbocycles. The maximum absolute atomic E-state index is 11.9. The number of nitrogens with one attached hydrogen (secondary N) is 2. The number of benzene rings is 1. The van der Waals surface area contributed by atoms with E-state index >= 15 is 0 Å². The lowest BCUT2D eigenvalue weighted by Gasteiger charge is -2.33. The molecule has 2 rings (SSSR count). The number of rotatable bonds is 5. The molecule has 0 saturated carbocycles. The van der Waals surface area contributed by atoms with Gasteiger partial charge in [-0.15, -0.1) is 0 Å². The van der Waals surface area contributed by atoms with Crippen molar-refractivity contribution in [2.24, 2.45) is 0 Å². The summed E-state index contributed by atoms with van der Waals surface area (Å²) in [5, 5.41) is 4.50. The fraction of sp³-hybridized carbons (Fsp3) is 0.438. The number of hydrogen-bond acceptors (Lipinski definition) is 2. The third-order valence-electron chi connectivity index (χ3n) is 3.82. The Labute approximate surface area is 114 Å². The molecule has 0 aliphatic rings. The molecule has 2 aromatic rings. The van der Waals surface area contributed by atoms with Crippen LogP contribution in [0.4, 0.5) is 0 Å². The summed E-state index contributed by atoms with van der Waals surface area (Å²) >= 11 is 0. The summed E-state index contributed by atoms with van der Waals surface area (Å²) in [7, 11) is 0. The standard InChI is InChI=1S/C16H22N2O/c1-5-17-15(11(2)19)16(3,4)13-10-18-14-9-7-6-8-12(13)14/h6-10,15,17-18H,5H2,1-4H3. The van der Waals surface area contributed by atoms with E-state index in [9.17, 15) is 4.79 Å². The molecule has 102 valence electrons. The van der Waals surface area contributed by atoms with Gasteiger partial charge in [0.15, 0.2) is 0 Å². The number of para-hydroxylation sites is 1. The summed E-state index contributed by atoms with van der Waals surface area (Å²) in [5.74, 6) is 0.178. The van der Waals surface area contributed by atoms with Crippen LogP contribution in [0.2, 0.25) is 0 Å². The molecule has 19 heavy (non-hydrogen) atoms. The molecule has 1 heterocycles. The van der Waals surface area contributed by atoms with E-state index < -0.39 is 0 Å². The van der Waals surface area contributed by atoms with Gasteiger partial charge >= 0.3 is 0 Å². The predicted octanol–water partition coefficient (Wildman–Crippen LogP) is 3.01. The number of hydrogen-bond donors (Lipinski definition) is 2. The van der Waals surface area contributed by atoms with Crippen molar-refractivity contribution in [3.05, 3.63) is 36.0 Å². The van der Waals surface area contributed by atoms with Crippen LogP contribution in [0.3, 0.4) is 0 Å². The van der Waals surface area contributed by atoms with E-state index in [1.165, 1.54) is 10.9 Å². The molecule has 2 N–H and O–H groups in total. The number of ketones is 1. The lowest BCUT2D eigenvalue weighted by atomic mass is 9.76. The molecule has 0 radical (unpaired) electrons. The predicted molar refractivity (Wildman–Crippen MR) is 79.5 cm³/mol. The van der Waals surface area contributed by atoms with E-state index in [0.717, 1.165) is 12.1 Å². The van der Waals surface area contributed by atoms with Gasteiger partial charge in [0.05, 0.1) is 6.04 Å². The van der Waals surface area contributed by atoms with E-state index in [0.29, 0.717) is 0 Å². The van der Waals surface area contributed by atoms with Gasteiger partial charge in [-0.2, -0.15) is 0 Å². The second-order valence-electron chi connectivity index (χ2n) is 5.57. The van der Waals surface area contributed by atoms with Crippen LogP contribution in [-0.4, -0.2) is 23.4 Å². The Hall–Kier alpha value is -1.61. The highest BCUT2D eigenvalue weighted by Gasteiger charge is 2.35. The van der Waals surface area contributed by atoms with Crippen LogP contribution < -0.4 is 5.32 Å². The molecule has 0 saturated heterocycles. The maximum Gasteiger partial charge on any atom is 0.147 e. The van der Waals surface area contributed by atoms with Gasteiger partial charge in [0.1, 0.15) is 5.78 Å². The Kier molecular flexibility index (Phi) is 3.76. The Balaban J connectivity index is 2.50. The highest BCUT2D eigenvalue weighted by Crippen LogP contribution is 2.33. The van der Waals surface area contributed by atoms with Gasteiger partial charge in [-0.1, -0.05) is 39.0 Å². The molecule has 0 bridgehead atoms. The highest BCUT2D eigenvalue weighted by molar-refractivity contribution is 5.88. The minimum Gasteiger partial charge on any atom is -0.361 e. The van der Waals surface area contributed by atoms with Crippen LogP contribution in [0, 0.1) is 0 Å². The minimum atomic E-state index is -0.249. The fourth-order valence-corrected chi connectivity index (χ4v) is 2.87. The van der Waals surface area contributed by atoms with Crippen molar-refractivity contribution in [3.8, 4) is 0 Å². The normalized spacial score (nSPS) is 13.7. The van der Waals surface area contributed by atoms with Crippen molar-refractivity contribution in [1.29, 1.82) is 0 Å². The number of aromatic amines is 1. The first-order valence-corrected chi connectivity index (χ1v) is 6.79. The van der Waals surface area contributed by atoms with Crippen LogP contribution in [0.1, 0.15) is 33.3 Å². The van der Waals surface area contributed by atoms with Gasteiger partial charge < -0.3 is 10.3 Å².